The summed E-state index contributed by atoms with van der Waals surface area (Å²) < 4.78 is 5.45. The highest BCUT2D eigenvalue weighted by Gasteiger charge is 2.24. The second-order valence-corrected chi connectivity index (χ2v) is 4.66. The van der Waals surface area contributed by atoms with Crippen LogP contribution in [0.1, 0.15) is 23.7 Å². The van der Waals surface area contributed by atoms with Crippen molar-refractivity contribution in [2.75, 3.05) is 13.1 Å². The minimum Gasteiger partial charge on any atom is -0.360 e. The normalized spacial score (nSPS) is 19.7. The van der Waals surface area contributed by atoms with Gasteiger partial charge in [-0.25, -0.2) is 0 Å². The predicted octanol–water partition coefficient (Wildman–Crippen LogP) is 2.73. The van der Waals surface area contributed by atoms with Crippen LogP contribution in [0, 0.1) is 6.92 Å². The lowest BCUT2D eigenvalue weighted by atomic mass is 9.97. The van der Waals surface area contributed by atoms with Gasteiger partial charge in [0.05, 0.1) is 6.20 Å². The summed E-state index contributed by atoms with van der Waals surface area (Å²) in [5, 5.41) is 7.33. The number of nitrogens with one attached hydrogen (secondary N) is 1. The summed E-state index contributed by atoms with van der Waals surface area (Å²) in [6.45, 7) is 4.17. The first-order valence-electron chi connectivity index (χ1n) is 6.07. The average molecular weight is 228 g/mol. The molecule has 0 aliphatic carbocycles. The number of aromatic nitrogens is 1. The molecule has 1 N–H and O–H groups in total. The molecule has 1 aliphatic rings. The highest BCUT2D eigenvalue weighted by Crippen LogP contribution is 2.32. The lowest BCUT2D eigenvalue weighted by molar-refractivity contribution is 0.366. The van der Waals surface area contributed by atoms with Crippen LogP contribution in [0.3, 0.4) is 0 Å². The maximum atomic E-state index is 5.45. The highest BCUT2D eigenvalue weighted by atomic mass is 16.5. The molecule has 0 saturated carbocycles. The van der Waals surface area contributed by atoms with Crippen LogP contribution in [-0.4, -0.2) is 18.2 Å². The van der Waals surface area contributed by atoms with Crippen molar-refractivity contribution >= 4 is 0 Å². The maximum absolute atomic E-state index is 5.45. The quantitative estimate of drug-likeness (QED) is 0.858. The predicted molar refractivity (Wildman–Crippen MR) is 66.9 cm³/mol. The molecule has 1 fully saturated rings. The van der Waals surface area contributed by atoms with Crippen LogP contribution in [0.25, 0.3) is 11.1 Å². The van der Waals surface area contributed by atoms with Crippen LogP contribution < -0.4 is 5.32 Å². The highest BCUT2D eigenvalue weighted by molar-refractivity contribution is 5.65. The summed E-state index contributed by atoms with van der Waals surface area (Å²) in [7, 11) is 0. The Kier molecular flexibility index (Phi) is 2.69. The fourth-order valence-corrected chi connectivity index (χ4v) is 2.45. The second kappa shape index (κ2) is 4.34. The van der Waals surface area contributed by atoms with E-state index < -0.39 is 0 Å². The average Bonchev–Trinajstić information content (AvgIpc) is 3.00. The van der Waals surface area contributed by atoms with Crippen LogP contribution in [0.2, 0.25) is 0 Å². The van der Waals surface area contributed by atoms with Gasteiger partial charge in [0, 0.05) is 18.0 Å². The van der Waals surface area contributed by atoms with Crippen molar-refractivity contribution < 1.29 is 4.52 Å². The summed E-state index contributed by atoms with van der Waals surface area (Å²) in [5.41, 5.74) is 3.61. The molecular weight excluding hydrogens is 212 g/mol. The minimum atomic E-state index is 0.466. The summed E-state index contributed by atoms with van der Waals surface area (Å²) >= 11 is 0. The van der Waals surface area contributed by atoms with Gasteiger partial charge in [0.1, 0.15) is 5.76 Å². The third-order valence-electron chi connectivity index (χ3n) is 3.36. The summed E-state index contributed by atoms with van der Waals surface area (Å²) in [6, 6.07) is 8.48. The Morgan fingerprint density at radius 2 is 2.35 bits per heavy atom. The molecular formula is C14H16N2O. The fraction of sp³-hybridized carbons (Fsp3) is 0.357. The number of hydrogen-bond acceptors (Lipinski definition) is 3. The monoisotopic (exact) mass is 228 g/mol. The Morgan fingerprint density at radius 1 is 1.41 bits per heavy atom. The molecule has 88 valence electrons. The van der Waals surface area contributed by atoms with Crippen LogP contribution in [-0.2, 0) is 0 Å². The molecule has 2 aromatic rings. The Labute approximate surface area is 101 Å². The first kappa shape index (κ1) is 10.5. The van der Waals surface area contributed by atoms with E-state index in [1.165, 1.54) is 11.1 Å². The number of aryl methyl sites for hydroxylation is 1. The Hall–Kier alpha value is -1.61. The van der Waals surface area contributed by atoms with Crippen molar-refractivity contribution in [1.29, 1.82) is 0 Å². The molecule has 1 unspecified atom stereocenters. The van der Waals surface area contributed by atoms with E-state index in [1.807, 2.05) is 6.20 Å². The van der Waals surface area contributed by atoms with Gasteiger partial charge in [0.15, 0.2) is 0 Å². The van der Waals surface area contributed by atoms with Crippen LogP contribution in [0.4, 0.5) is 0 Å². The lowest BCUT2D eigenvalue weighted by Gasteiger charge is -2.07. The van der Waals surface area contributed by atoms with Crippen molar-refractivity contribution in [3.05, 3.63) is 41.8 Å². The van der Waals surface area contributed by atoms with Crippen molar-refractivity contribution in [2.45, 2.75) is 19.3 Å². The van der Waals surface area contributed by atoms with Gasteiger partial charge in [-0.3, -0.25) is 0 Å². The van der Waals surface area contributed by atoms with Gasteiger partial charge in [-0.2, -0.15) is 0 Å². The van der Waals surface area contributed by atoms with Gasteiger partial charge < -0.3 is 9.84 Å². The van der Waals surface area contributed by atoms with E-state index in [2.05, 4.69) is 41.7 Å². The Bertz CT molecular complexity index is 512. The molecule has 1 aliphatic heterocycles. The van der Waals surface area contributed by atoms with E-state index in [9.17, 15) is 0 Å². The third kappa shape index (κ3) is 1.98. The molecule has 1 atom stereocenters. The van der Waals surface area contributed by atoms with Crippen molar-refractivity contribution in [3.63, 3.8) is 0 Å². The van der Waals surface area contributed by atoms with Gasteiger partial charge in [0.25, 0.3) is 0 Å². The van der Waals surface area contributed by atoms with Crippen LogP contribution in [0.15, 0.2) is 35.0 Å². The fourth-order valence-electron chi connectivity index (χ4n) is 2.45. The standard InChI is InChI=1S/C14H16N2O/c1-10-3-2-4-11(7-10)13-9-16-17-14(13)12-5-6-15-8-12/h2-4,7,9,12,15H,5-6,8H2,1H3. The first-order valence-corrected chi connectivity index (χ1v) is 6.07. The molecule has 1 aromatic heterocycles. The molecule has 0 spiro atoms. The number of rotatable bonds is 2. The maximum Gasteiger partial charge on any atom is 0.148 e. The first-order chi connectivity index (χ1) is 8.34. The molecule has 2 heterocycles. The Morgan fingerprint density at radius 3 is 3.12 bits per heavy atom. The summed E-state index contributed by atoms with van der Waals surface area (Å²) in [4.78, 5) is 0. The Balaban J connectivity index is 2.00. The topological polar surface area (TPSA) is 38.1 Å². The SMILES string of the molecule is Cc1cccc(-c2cnoc2C2CCNC2)c1. The molecule has 0 amide bonds. The number of benzene rings is 1. The molecule has 17 heavy (non-hydrogen) atoms. The molecule has 0 radical (unpaired) electrons. The van der Waals surface area contributed by atoms with Crippen molar-refractivity contribution in [1.82, 2.24) is 10.5 Å². The molecule has 1 aromatic carbocycles. The van der Waals surface area contributed by atoms with Gasteiger partial charge in [-0.05, 0) is 25.5 Å². The second-order valence-electron chi connectivity index (χ2n) is 4.66. The summed E-state index contributed by atoms with van der Waals surface area (Å²) in [6.07, 6.45) is 2.97. The van der Waals surface area contributed by atoms with E-state index >= 15 is 0 Å². The van der Waals surface area contributed by atoms with E-state index in [-0.39, 0.29) is 0 Å². The molecule has 3 nitrogen and oxygen atoms in total. The zero-order valence-corrected chi connectivity index (χ0v) is 9.94. The lowest BCUT2D eigenvalue weighted by Crippen LogP contribution is -2.07. The van der Waals surface area contributed by atoms with E-state index in [1.54, 1.807) is 0 Å². The minimum absolute atomic E-state index is 0.466. The van der Waals surface area contributed by atoms with Crippen LogP contribution >= 0.6 is 0 Å². The van der Waals surface area contributed by atoms with Gasteiger partial charge in [0.2, 0.25) is 0 Å². The smallest absolute Gasteiger partial charge is 0.148 e. The zero-order chi connectivity index (χ0) is 11.7. The van der Waals surface area contributed by atoms with E-state index in [4.69, 9.17) is 4.52 Å². The molecule has 3 heteroatoms. The number of hydrogen-bond donors (Lipinski definition) is 1. The molecule has 3 rings (SSSR count). The van der Waals surface area contributed by atoms with E-state index in [0.717, 1.165) is 30.8 Å². The van der Waals surface area contributed by atoms with Gasteiger partial charge in [-0.1, -0.05) is 35.0 Å². The van der Waals surface area contributed by atoms with Gasteiger partial charge >= 0.3 is 0 Å². The third-order valence-corrected chi connectivity index (χ3v) is 3.36. The number of nitrogens with zero attached hydrogens (tertiary/aromatic N) is 1. The molecule has 1 saturated heterocycles. The largest absolute Gasteiger partial charge is 0.360 e. The summed E-state index contributed by atoms with van der Waals surface area (Å²) in [5.74, 6) is 1.49. The van der Waals surface area contributed by atoms with Gasteiger partial charge in [-0.15, -0.1) is 0 Å². The molecule has 0 bridgehead atoms. The van der Waals surface area contributed by atoms with Crippen molar-refractivity contribution in [2.24, 2.45) is 0 Å². The van der Waals surface area contributed by atoms with Crippen LogP contribution in [0.5, 0.6) is 0 Å². The van der Waals surface area contributed by atoms with Crippen molar-refractivity contribution in [3.8, 4) is 11.1 Å². The zero-order valence-electron chi connectivity index (χ0n) is 9.94. The van der Waals surface area contributed by atoms with E-state index in [0.29, 0.717) is 5.92 Å².